The van der Waals surface area contributed by atoms with Crippen molar-refractivity contribution in [2.45, 2.75) is 11.5 Å². The van der Waals surface area contributed by atoms with Crippen molar-refractivity contribution in [1.29, 1.82) is 0 Å². The monoisotopic (exact) mass is 406 g/mol. The fourth-order valence-electron chi connectivity index (χ4n) is 2.54. The van der Waals surface area contributed by atoms with Crippen LogP contribution in [0, 0.1) is 6.92 Å². The summed E-state index contributed by atoms with van der Waals surface area (Å²) in [5, 5.41) is 6.00. The molecule has 0 aromatic heterocycles. The Morgan fingerprint density at radius 2 is 1.81 bits per heavy atom. The van der Waals surface area contributed by atoms with Crippen molar-refractivity contribution in [2.24, 2.45) is 0 Å². The molecule has 3 rings (SSSR count). The molecule has 1 aliphatic heterocycles. The molecule has 136 valence electrons. The molecule has 2 aromatic rings. The number of hydrogen-bond acceptors (Lipinski definition) is 4. The molecule has 1 aliphatic rings. The van der Waals surface area contributed by atoms with Crippen LogP contribution < -0.4 is 10.6 Å². The first-order valence-corrected chi connectivity index (χ1v) is 10.7. The van der Waals surface area contributed by atoms with E-state index in [-0.39, 0.29) is 18.4 Å². The third kappa shape index (κ3) is 4.75. The van der Waals surface area contributed by atoms with E-state index in [1.54, 1.807) is 18.2 Å². The Hall–Kier alpha value is -1.63. The maximum absolute atomic E-state index is 12.2. The van der Waals surface area contributed by atoms with Gasteiger partial charge in [-0.15, -0.1) is 23.5 Å². The second kappa shape index (κ2) is 8.84. The molecule has 4 nitrogen and oxygen atoms in total. The smallest absolute Gasteiger partial charge is 0.251 e. The third-order valence-electron chi connectivity index (χ3n) is 4.02. The molecular formula is C19H19ClN2O2S2. The average molecular weight is 407 g/mol. The van der Waals surface area contributed by atoms with Crippen LogP contribution in [0.5, 0.6) is 0 Å². The summed E-state index contributed by atoms with van der Waals surface area (Å²) in [5.74, 6) is 1.78. The van der Waals surface area contributed by atoms with Crippen molar-refractivity contribution in [2.75, 3.05) is 23.4 Å². The second-order valence-electron chi connectivity index (χ2n) is 5.84. The molecule has 7 heteroatoms. The predicted molar refractivity (Wildman–Crippen MR) is 111 cm³/mol. The zero-order valence-electron chi connectivity index (χ0n) is 14.3. The normalized spacial score (nSPS) is 14.2. The van der Waals surface area contributed by atoms with E-state index >= 15 is 0 Å². The molecule has 0 radical (unpaired) electrons. The summed E-state index contributed by atoms with van der Waals surface area (Å²) in [5.41, 5.74) is 3.22. The van der Waals surface area contributed by atoms with Gasteiger partial charge in [0.1, 0.15) is 0 Å². The van der Waals surface area contributed by atoms with Crippen molar-refractivity contribution in [3.8, 4) is 0 Å². The van der Waals surface area contributed by atoms with Crippen LogP contribution in [0.1, 0.15) is 26.1 Å². The number of carbonyl (C=O) groups is 2. The summed E-state index contributed by atoms with van der Waals surface area (Å²) < 4.78 is 0.457. The van der Waals surface area contributed by atoms with Crippen LogP contribution in [0.15, 0.2) is 42.5 Å². The van der Waals surface area contributed by atoms with Crippen molar-refractivity contribution in [1.82, 2.24) is 5.32 Å². The average Bonchev–Trinajstić information content (AvgIpc) is 3.18. The van der Waals surface area contributed by atoms with Crippen molar-refractivity contribution >= 4 is 52.6 Å². The molecule has 0 atom stereocenters. The number of nitrogens with one attached hydrogen (secondary N) is 2. The van der Waals surface area contributed by atoms with Gasteiger partial charge in [0, 0.05) is 27.8 Å². The lowest BCUT2D eigenvalue weighted by Crippen LogP contribution is -2.33. The second-order valence-corrected chi connectivity index (χ2v) is 8.97. The minimum Gasteiger partial charge on any atom is -0.343 e. The van der Waals surface area contributed by atoms with Crippen LogP contribution in [0.3, 0.4) is 0 Å². The molecule has 2 amide bonds. The Bertz CT molecular complexity index is 806. The molecule has 1 fully saturated rings. The van der Waals surface area contributed by atoms with Gasteiger partial charge >= 0.3 is 0 Å². The highest BCUT2D eigenvalue weighted by Crippen LogP contribution is 2.45. The van der Waals surface area contributed by atoms with Gasteiger partial charge in [0.15, 0.2) is 0 Å². The highest BCUT2D eigenvalue weighted by atomic mass is 35.5. The van der Waals surface area contributed by atoms with Crippen molar-refractivity contribution in [3.63, 3.8) is 0 Å². The van der Waals surface area contributed by atoms with Gasteiger partial charge in [0.2, 0.25) is 5.91 Å². The number of hydrogen-bond donors (Lipinski definition) is 2. The zero-order chi connectivity index (χ0) is 18.5. The molecule has 2 N–H and O–H groups in total. The summed E-state index contributed by atoms with van der Waals surface area (Å²) >= 11 is 9.89. The van der Waals surface area contributed by atoms with E-state index in [1.807, 2.05) is 54.7 Å². The minimum absolute atomic E-state index is 0.0964. The van der Waals surface area contributed by atoms with E-state index in [0.717, 1.165) is 5.56 Å². The lowest BCUT2D eigenvalue weighted by Gasteiger charge is -2.11. The van der Waals surface area contributed by atoms with Crippen LogP contribution in [0.2, 0.25) is 5.02 Å². The van der Waals surface area contributed by atoms with Crippen molar-refractivity contribution < 1.29 is 9.59 Å². The Labute approximate surface area is 166 Å². The van der Waals surface area contributed by atoms with Gasteiger partial charge in [-0.05, 0) is 42.3 Å². The van der Waals surface area contributed by atoms with E-state index in [2.05, 4.69) is 10.6 Å². The summed E-state index contributed by atoms with van der Waals surface area (Å²) in [7, 11) is 0. The van der Waals surface area contributed by atoms with Crippen LogP contribution in [0.4, 0.5) is 5.69 Å². The number of rotatable bonds is 5. The minimum atomic E-state index is -0.293. The maximum Gasteiger partial charge on any atom is 0.251 e. The molecule has 0 saturated carbocycles. The van der Waals surface area contributed by atoms with Crippen LogP contribution in [-0.2, 0) is 4.79 Å². The molecule has 1 saturated heterocycles. The predicted octanol–water partition coefficient (Wildman–Crippen LogP) is 4.50. The number of benzene rings is 2. The first-order chi connectivity index (χ1) is 12.5. The summed E-state index contributed by atoms with van der Waals surface area (Å²) in [6.07, 6.45) is 0. The van der Waals surface area contributed by atoms with E-state index in [0.29, 0.717) is 20.9 Å². The Kier molecular flexibility index (Phi) is 6.51. The number of carbonyl (C=O) groups excluding carboxylic acids is 2. The van der Waals surface area contributed by atoms with Crippen LogP contribution in [-0.4, -0.2) is 29.9 Å². The van der Waals surface area contributed by atoms with Gasteiger partial charge in [0.05, 0.1) is 11.1 Å². The van der Waals surface area contributed by atoms with Gasteiger partial charge in [-0.1, -0.05) is 29.8 Å². The molecule has 26 heavy (non-hydrogen) atoms. The zero-order valence-corrected chi connectivity index (χ0v) is 16.6. The quantitative estimate of drug-likeness (QED) is 0.767. The summed E-state index contributed by atoms with van der Waals surface area (Å²) in [6, 6.07) is 12.9. The lowest BCUT2D eigenvalue weighted by molar-refractivity contribution is -0.115. The van der Waals surface area contributed by atoms with Crippen LogP contribution >= 0.6 is 35.1 Å². The Morgan fingerprint density at radius 1 is 1.12 bits per heavy atom. The SMILES string of the molecule is Cc1c(Cl)cccc1NC(=O)CNC(=O)c1ccc(C2SCCS2)cc1. The molecule has 0 aliphatic carbocycles. The van der Waals surface area contributed by atoms with E-state index in [9.17, 15) is 9.59 Å². The Balaban J connectivity index is 1.53. The van der Waals surface area contributed by atoms with E-state index in [4.69, 9.17) is 11.6 Å². The summed E-state index contributed by atoms with van der Waals surface area (Å²) in [4.78, 5) is 24.3. The van der Waals surface area contributed by atoms with Gasteiger partial charge in [0.25, 0.3) is 5.91 Å². The molecule has 1 heterocycles. The highest BCUT2D eigenvalue weighted by Gasteiger charge is 2.18. The van der Waals surface area contributed by atoms with Crippen LogP contribution in [0.25, 0.3) is 0 Å². The molecule has 0 unspecified atom stereocenters. The van der Waals surface area contributed by atoms with Gasteiger partial charge in [-0.2, -0.15) is 0 Å². The topological polar surface area (TPSA) is 58.2 Å². The van der Waals surface area contributed by atoms with E-state index in [1.165, 1.54) is 17.1 Å². The standard InChI is InChI=1S/C19H19ClN2O2S2/c1-12-15(20)3-2-4-16(12)22-17(23)11-21-18(24)13-5-7-14(8-6-13)19-25-9-10-26-19/h2-8,19H,9-11H2,1H3,(H,21,24)(H,22,23). The van der Waals surface area contributed by atoms with Crippen molar-refractivity contribution in [3.05, 3.63) is 64.2 Å². The molecule has 0 bridgehead atoms. The van der Waals surface area contributed by atoms with Gasteiger partial charge < -0.3 is 10.6 Å². The van der Waals surface area contributed by atoms with Gasteiger partial charge in [-0.3, -0.25) is 9.59 Å². The largest absolute Gasteiger partial charge is 0.343 e. The number of thioether (sulfide) groups is 2. The van der Waals surface area contributed by atoms with E-state index < -0.39 is 0 Å². The maximum atomic E-state index is 12.2. The van der Waals surface area contributed by atoms with Gasteiger partial charge in [-0.25, -0.2) is 0 Å². The summed E-state index contributed by atoms with van der Waals surface area (Å²) in [6.45, 7) is 1.74. The number of amides is 2. The first-order valence-electron chi connectivity index (χ1n) is 8.21. The lowest BCUT2D eigenvalue weighted by atomic mass is 10.1. The molecule has 2 aromatic carbocycles. The molecule has 0 spiro atoms. The number of halogens is 1. The fraction of sp³-hybridized carbons (Fsp3) is 0.263. The molecular weight excluding hydrogens is 388 g/mol. The fourth-order valence-corrected chi connectivity index (χ4v) is 5.58. The third-order valence-corrected chi connectivity index (χ3v) is 7.53. The first kappa shape index (κ1) is 19.1. The Morgan fingerprint density at radius 3 is 2.50 bits per heavy atom. The number of anilines is 1. The highest BCUT2D eigenvalue weighted by molar-refractivity contribution is 8.19.